The predicted octanol–water partition coefficient (Wildman–Crippen LogP) is 4.87. The largest absolute Gasteiger partial charge is 0.353 e. The number of halogens is 1. The van der Waals surface area contributed by atoms with Crippen LogP contribution in [-0.4, -0.2) is 68.2 Å². The second-order valence-electron chi connectivity index (χ2n) is 9.55. The topological polar surface area (TPSA) is 90.2 Å². The van der Waals surface area contributed by atoms with Crippen LogP contribution in [0.4, 0.5) is 22.0 Å². The van der Waals surface area contributed by atoms with Gasteiger partial charge in [-0.1, -0.05) is 0 Å². The fraction of sp³-hybridized carbons (Fsp3) is 0.600. The SMILES string of the molecule is CSC1CCN(c2nccc(Nc3cc4c(cn3)nc(COC3CCCCO3)n4C(C)C)n2)CC1F. The zero-order chi connectivity index (χ0) is 25.1. The Balaban J connectivity index is 1.33. The van der Waals surface area contributed by atoms with E-state index in [9.17, 15) is 4.39 Å². The van der Waals surface area contributed by atoms with E-state index in [0.717, 1.165) is 55.7 Å². The van der Waals surface area contributed by atoms with Gasteiger partial charge >= 0.3 is 0 Å². The highest BCUT2D eigenvalue weighted by atomic mass is 32.2. The molecule has 0 aromatic carbocycles. The summed E-state index contributed by atoms with van der Waals surface area (Å²) in [6.07, 6.45) is 8.27. The Morgan fingerprint density at radius 2 is 2.11 bits per heavy atom. The summed E-state index contributed by atoms with van der Waals surface area (Å²) in [5.41, 5.74) is 1.78. The molecule has 2 aliphatic rings. The molecule has 1 N–H and O–H groups in total. The smallest absolute Gasteiger partial charge is 0.227 e. The van der Waals surface area contributed by atoms with Gasteiger partial charge < -0.3 is 24.3 Å². The van der Waals surface area contributed by atoms with Crippen molar-refractivity contribution in [3.63, 3.8) is 0 Å². The Hall–Kier alpha value is -2.50. The van der Waals surface area contributed by atoms with Crippen LogP contribution in [0.3, 0.4) is 0 Å². The summed E-state index contributed by atoms with van der Waals surface area (Å²) in [7, 11) is 0. The average molecular weight is 516 g/mol. The van der Waals surface area contributed by atoms with Crippen LogP contribution in [0, 0.1) is 0 Å². The molecule has 0 radical (unpaired) electrons. The molecule has 3 unspecified atom stereocenters. The molecule has 3 aromatic rings. The van der Waals surface area contributed by atoms with Crippen LogP contribution in [0.15, 0.2) is 24.5 Å². The van der Waals surface area contributed by atoms with Gasteiger partial charge in [0.15, 0.2) is 6.29 Å². The second-order valence-corrected chi connectivity index (χ2v) is 10.6. The van der Waals surface area contributed by atoms with E-state index in [1.807, 2.05) is 17.2 Å². The lowest BCUT2D eigenvalue weighted by Crippen LogP contribution is -2.44. The maximum absolute atomic E-state index is 14.5. The lowest BCUT2D eigenvalue weighted by Gasteiger charge is -2.33. The van der Waals surface area contributed by atoms with Crippen LogP contribution in [0.2, 0.25) is 0 Å². The molecule has 3 atom stereocenters. The minimum atomic E-state index is -0.891. The minimum Gasteiger partial charge on any atom is -0.353 e. The number of fused-ring (bicyclic) bond motifs is 1. The molecule has 0 amide bonds. The van der Waals surface area contributed by atoms with Crippen molar-refractivity contribution in [2.24, 2.45) is 0 Å². The Bertz CT molecular complexity index is 1170. The number of pyridine rings is 1. The highest BCUT2D eigenvalue weighted by Crippen LogP contribution is 2.28. The molecule has 5 heterocycles. The van der Waals surface area contributed by atoms with Crippen molar-refractivity contribution in [1.82, 2.24) is 24.5 Å². The number of alkyl halides is 1. The van der Waals surface area contributed by atoms with Crippen LogP contribution >= 0.6 is 11.8 Å². The summed E-state index contributed by atoms with van der Waals surface area (Å²) in [4.78, 5) is 20.3. The van der Waals surface area contributed by atoms with Crippen molar-refractivity contribution in [2.75, 3.05) is 36.2 Å². The molecule has 36 heavy (non-hydrogen) atoms. The molecule has 0 aliphatic carbocycles. The van der Waals surface area contributed by atoms with Crippen LogP contribution in [0.5, 0.6) is 0 Å². The Morgan fingerprint density at radius 1 is 1.22 bits per heavy atom. The first-order valence-electron chi connectivity index (χ1n) is 12.6. The monoisotopic (exact) mass is 515 g/mol. The number of rotatable bonds is 8. The van der Waals surface area contributed by atoms with E-state index in [4.69, 9.17) is 14.5 Å². The first kappa shape index (κ1) is 25.2. The van der Waals surface area contributed by atoms with Crippen molar-refractivity contribution in [3.8, 4) is 0 Å². The van der Waals surface area contributed by atoms with Crippen LogP contribution < -0.4 is 10.2 Å². The number of aromatic nitrogens is 5. The number of hydrogen-bond donors (Lipinski definition) is 1. The molecule has 9 nitrogen and oxygen atoms in total. The fourth-order valence-corrected chi connectivity index (χ4v) is 5.56. The molecule has 3 aromatic heterocycles. The van der Waals surface area contributed by atoms with E-state index in [0.29, 0.717) is 30.7 Å². The van der Waals surface area contributed by atoms with Crippen LogP contribution in [0.1, 0.15) is 51.4 Å². The van der Waals surface area contributed by atoms with E-state index in [1.54, 1.807) is 30.2 Å². The van der Waals surface area contributed by atoms with Gasteiger partial charge in [-0.25, -0.2) is 19.3 Å². The Morgan fingerprint density at radius 3 is 2.86 bits per heavy atom. The standard InChI is InChI=1S/C25H34FN7O2S/c1-16(2)33-19-12-22(28-13-18(19)29-23(33)15-35-24-6-4-5-11-34-24)30-21-7-9-27-25(31-21)32-10-8-20(36-3)17(26)14-32/h7,9,12-13,16-17,20,24H,4-6,8,10-11,14-15H2,1-3H3,(H,27,28,30,31). The van der Waals surface area contributed by atoms with E-state index < -0.39 is 6.17 Å². The summed E-state index contributed by atoms with van der Waals surface area (Å²) in [5, 5.41) is 3.32. The van der Waals surface area contributed by atoms with Crippen molar-refractivity contribution >= 4 is 40.4 Å². The Kier molecular flexibility index (Phi) is 7.87. The zero-order valence-corrected chi connectivity index (χ0v) is 21.9. The minimum absolute atomic E-state index is 0.0368. The van der Waals surface area contributed by atoms with E-state index in [2.05, 4.69) is 38.7 Å². The van der Waals surface area contributed by atoms with Gasteiger partial charge in [0.2, 0.25) is 5.95 Å². The number of thioether (sulfide) groups is 1. The average Bonchev–Trinajstić information content (AvgIpc) is 3.26. The summed E-state index contributed by atoms with van der Waals surface area (Å²) >= 11 is 1.59. The number of piperidine rings is 1. The van der Waals surface area contributed by atoms with Crippen molar-refractivity contribution in [3.05, 3.63) is 30.4 Å². The lowest BCUT2D eigenvalue weighted by molar-refractivity contribution is -0.170. The van der Waals surface area contributed by atoms with E-state index in [-0.39, 0.29) is 17.6 Å². The summed E-state index contributed by atoms with van der Waals surface area (Å²) in [5.74, 6) is 2.65. The molecular weight excluding hydrogens is 481 g/mol. The highest BCUT2D eigenvalue weighted by Gasteiger charge is 2.29. The number of nitrogens with one attached hydrogen (secondary N) is 1. The molecule has 5 rings (SSSR count). The first-order valence-corrected chi connectivity index (χ1v) is 13.9. The lowest BCUT2D eigenvalue weighted by atomic mass is 10.1. The summed E-state index contributed by atoms with van der Waals surface area (Å²) in [6.45, 7) is 6.44. The molecule has 0 saturated carbocycles. The fourth-order valence-electron chi connectivity index (χ4n) is 4.84. The zero-order valence-electron chi connectivity index (χ0n) is 21.1. The van der Waals surface area contributed by atoms with Gasteiger partial charge in [-0.05, 0) is 51.9 Å². The number of imidazole rings is 1. The molecule has 2 saturated heterocycles. The maximum Gasteiger partial charge on any atom is 0.227 e. The molecule has 11 heteroatoms. The highest BCUT2D eigenvalue weighted by molar-refractivity contribution is 7.99. The van der Waals surface area contributed by atoms with Crippen molar-refractivity contribution in [2.45, 2.75) is 69.9 Å². The van der Waals surface area contributed by atoms with Gasteiger partial charge in [-0.15, -0.1) is 0 Å². The molecular formula is C25H34FN7O2S. The van der Waals surface area contributed by atoms with E-state index >= 15 is 0 Å². The third-order valence-electron chi connectivity index (χ3n) is 6.67. The van der Waals surface area contributed by atoms with Gasteiger partial charge in [-0.3, -0.25) is 0 Å². The molecule has 2 fully saturated rings. The molecule has 0 bridgehead atoms. The quantitative estimate of drug-likeness (QED) is 0.451. The summed E-state index contributed by atoms with van der Waals surface area (Å²) < 4.78 is 28.4. The number of anilines is 3. The van der Waals surface area contributed by atoms with Crippen molar-refractivity contribution < 1.29 is 13.9 Å². The predicted molar refractivity (Wildman–Crippen MR) is 141 cm³/mol. The van der Waals surface area contributed by atoms with Gasteiger partial charge in [0.1, 0.15) is 35.8 Å². The van der Waals surface area contributed by atoms with Crippen LogP contribution in [0.25, 0.3) is 11.0 Å². The first-order chi connectivity index (χ1) is 17.5. The van der Waals surface area contributed by atoms with Gasteiger partial charge in [-0.2, -0.15) is 16.7 Å². The summed E-state index contributed by atoms with van der Waals surface area (Å²) in [6, 6.07) is 3.96. The van der Waals surface area contributed by atoms with Gasteiger partial charge in [0, 0.05) is 36.7 Å². The third kappa shape index (κ3) is 5.57. The number of hydrogen-bond acceptors (Lipinski definition) is 9. The van der Waals surface area contributed by atoms with Crippen LogP contribution in [-0.2, 0) is 16.1 Å². The molecule has 0 spiro atoms. The number of ether oxygens (including phenoxy) is 2. The van der Waals surface area contributed by atoms with Gasteiger partial charge in [0.05, 0.1) is 18.3 Å². The van der Waals surface area contributed by atoms with Crippen molar-refractivity contribution in [1.29, 1.82) is 0 Å². The normalized spacial score (nSPS) is 22.9. The van der Waals surface area contributed by atoms with Gasteiger partial charge in [0.25, 0.3) is 0 Å². The second kappa shape index (κ2) is 11.3. The third-order valence-corrected chi connectivity index (χ3v) is 7.80. The molecule has 2 aliphatic heterocycles. The Labute approximate surface area is 215 Å². The molecule has 194 valence electrons. The maximum atomic E-state index is 14.5. The van der Waals surface area contributed by atoms with E-state index in [1.165, 1.54) is 0 Å². The number of nitrogens with zero attached hydrogens (tertiary/aromatic N) is 6.